The number of terminal acetylenes is 1. The third-order valence-electron chi connectivity index (χ3n) is 1.75. The van der Waals surface area contributed by atoms with Crippen LogP contribution in [0.5, 0.6) is 0 Å². The second-order valence-corrected chi connectivity index (χ2v) is 5.56. The van der Waals surface area contributed by atoms with Crippen molar-refractivity contribution in [3.05, 3.63) is 0 Å². The Hall–Kier alpha value is -1.10. The molecule has 0 heterocycles. The highest BCUT2D eigenvalue weighted by Crippen LogP contribution is 1.91. The molecule has 0 aromatic carbocycles. The van der Waals surface area contributed by atoms with Gasteiger partial charge in [-0.15, -0.1) is 6.42 Å². The number of sulfonamides is 1. The van der Waals surface area contributed by atoms with Crippen LogP contribution in [0.25, 0.3) is 0 Å². The molecule has 0 aromatic rings. The Morgan fingerprint density at radius 2 is 2.06 bits per heavy atom. The molecule has 0 saturated carbocycles. The topological polar surface area (TPSA) is 78.5 Å². The van der Waals surface area contributed by atoms with Gasteiger partial charge in [-0.2, -0.15) is 0 Å². The van der Waals surface area contributed by atoms with E-state index in [2.05, 4.69) is 16.6 Å². The summed E-state index contributed by atoms with van der Waals surface area (Å²) in [6, 6.07) is 0. The third-order valence-corrected chi connectivity index (χ3v) is 3.58. The van der Waals surface area contributed by atoms with Crippen LogP contribution in [0.1, 0.15) is 0 Å². The number of nitrogens with zero attached hydrogens (tertiary/aromatic N) is 1. The summed E-state index contributed by atoms with van der Waals surface area (Å²) in [6.07, 6.45) is 4.98. The van der Waals surface area contributed by atoms with Crippen molar-refractivity contribution in [1.29, 1.82) is 0 Å². The lowest BCUT2D eigenvalue weighted by atomic mass is 10.5. The zero-order valence-corrected chi connectivity index (χ0v) is 10.3. The molecular weight excluding hydrogens is 230 g/mol. The van der Waals surface area contributed by atoms with Gasteiger partial charge in [-0.3, -0.25) is 10.1 Å². The van der Waals surface area contributed by atoms with Gasteiger partial charge in [0.1, 0.15) is 0 Å². The number of carbonyl (C=O) groups is 1. The molecule has 2 N–H and O–H groups in total. The molecule has 0 aliphatic rings. The van der Waals surface area contributed by atoms with E-state index < -0.39 is 10.0 Å². The van der Waals surface area contributed by atoms with Crippen molar-refractivity contribution in [3.63, 3.8) is 0 Å². The van der Waals surface area contributed by atoms with Gasteiger partial charge < -0.3 is 5.32 Å². The van der Waals surface area contributed by atoms with Crippen molar-refractivity contribution < 1.29 is 13.2 Å². The van der Waals surface area contributed by atoms with E-state index >= 15 is 0 Å². The monoisotopic (exact) mass is 247 g/mol. The molecule has 0 aromatic heterocycles. The fourth-order valence-electron chi connectivity index (χ4n) is 0.813. The first-order valence-electron chi connectivity index (χ1n) is 4.71. The van der Waals surface area contributed by atoms with E-state index in [-0.39, 0.29) is 24.7 Å². The quantitative estimate of drug-likeness (QED) is 0.412. The van der Waals surface area contributed by atoms with E-state index in [9.17, 15) is 13.2 Å². The van der Waals surface area contributed by atoms with Gasteiger partial charge in [-0.05, 0) is 0 Å². The molecule has 0 fully saturated rings. The molecule has 0 aliphatic heterocycles. The van der Waals surface area contributed by atoms with Crippen LogP contribution in [-0.2, 0) is 14.8 Å². The average Bonchev–Trinajstić information content (AvgIpc) is 2.17. The summed E-state index contributed by atoms with van der Waals surface area (Å²) in [5, 5.41) is 5.17. The van der Waals surface area contributed by atoms with Crippen molar-refractivity contribution in [2.24, 2.45) is 0 Å². The van der Waals surface area contributed by atoms with Crippen LogP contribution in [-0.4, -0.2) is 58.1 Å². The van der Waals surface area contributed by atoms with Gasteiger partial charge in [0.2, 0.25) is 15.9 Å². The predicted molar refractivity (Wildman–Crippen MR) is 62.2 cm³/mol. The summed E-state index contributed by atoms with van der Waals surface area (Å²) in [5.41, 5.74) is 0. The van der Waals surface area contributed by atoms with Crippen molar-refractivity contribution in [2.45, 2.75) is 0 Å². The van der Waals surface area contributed by atoms with Crippen LogP contribution in [0.15, 0.2) is 0 Å². The van der Waals surface area contributed by atoms with Gasteiger partial charge in [-0.25, -0.2) is 12.7 Å². The van der Waals surface area contributed by atoms with E-state index in [1.165, 1.54) is 14.1 Å². The Labute approximate surface area is 96.4 Å². The minimum atomic E-state index is -3.25. The van der Waals surface area contributed by atoms with Crippen LogP contribution < -0.4 is 10.6 Å². The van der Waals surface area contributed by atoms with Crippen molar-refractivity contribution >= 4 is 15.9 Å². The second-order valence-electron chi connectivity index (χ2n) is 3.26. The standard InChI is InChI=1S/C9H17N3O3S/c1-4-5-10-8-9(13)11-6-7-16(14,15)12(2)3/h1,10H,5-8H2,2-3H3,(H,11,13). The first kappa shape index (κ1) is 14.9. The van der Waals surface area contributed by atoms with Crippen LogP contribution in [0.3, 0.4) is 0 Å². The Morgan fingerprint density at radius 3 is 2.56 bits per heavy atom. The number of nitrogens with one attached hydrogen (secondary N) is 2. The molecule has 0 radical (unpaired) electrons. The fraction of sp³-hybridized carbons (Fsp3) is 0.667. The first-order chi connectivity index (χ1) is 7.40. The van der Waals surface area contributed by atoms with Crippen molar-refractivity contribution in [2.75, 3.05) is 39.5 Å². The maximum absolute atomic E-state index is 11.3. The third kappa shape index (κ3) is 6.40. The van der Waals surface area contributed by atoms with Gasteiger partial charge in [0.05, 0.1) is 18.8 Å². The normalized spacial score (nSPS) is 11.1. The molecule has 7 heteroatoms. The number of hydrogen-bond acceptors (Lipinski definition) is 4. The Balaban J connectivity index is 3.75. The molecule has 6 nitrogen and oxygen atoms in total. The lowest BCUT2D eigenvalue weighted by Gasteiger charge is -2.11. The lowest BCUT2D eigenvalue weighted by molar-refractivity contribution is -0.120. The maximum atomic E-state index is 11.3. The lowest BCUT2D eigenvalue weighted by Crippen LogP contribution is -2.38. The van der Waals surface area contributed by atoms with Crippen LogP contribution in [0.2, 0.25) is 0 Å². The van der Waals surface area contributed by atoms with E-state index in [0.29, 0.717) is 6.54 Å². The van der Waals surface area contributed by atoms with Crippen molar-refractivity contribution in [3.8, 4) is 12.3 Å². The van der Waals surface area contributed by atoms with E-state index in [4.69, 9.17) is 6.42 Å². The number of hydrogen-bond donors (Lipinski definition) is 2. The Bertz CT molecular complexity index is 357. The zero-order valence-electron chi connectivity index (χ0n) is 9.49. The number of rotatable bonds is 7. The minimum absolute atomic E-state index is 0.0895. The molecule has 0 atom stereocenters. The molecular formula is C9H17N3O3S. The van der Waals surface area contributed by atoms with E-state index in [1.54, 1.807) is 0 Å². The van der Waals surface area contributed by atoms with Gasteiger partial charge in [0, 0.05) is 20.6 Å². The highest BCUT2D eigenvalue weighted by atomic mass is 32.2. The Kier molecular flexibility index (Phi) is 6.72. The van der Waals surface area contributed by atoms with Crippen molar-refractivity contribution in [1.82, 2.24) is 14.9 Å². The SMILES string of the molecule is C#CCNCC(=O)NCCS(=O)(=O)N(C)C. The fourth-order valence-corrected chi connectivity index (χ4v) is 1.54. The van der Waals surface area contributed by atoms with E-state index in [0.717, 1.165) is 4.31 Å². The van der Waals surface area contributed by atoms with E-state index in [1.807, 2.05) is 0 Å². The summed E-state index contributed by atoms with van der Waals surface area (Å²) in [4.78, 5) is 11.1. The first-order valence-corrected chi connectivity index (χ1v) is 6.32. The molecule has 0 spiro atoms. The maximum Gasteiger partial charge on any atom is 0.234 e. The van der Waals surface area contributed by atoms with Gasteiger partial charge in [0.15, 0.2) is 0 Å². The highest BCUT2D eigenvalue weighted by Gasteiger charge is 2.13. The van der Waals surface area contributed by atoms with Crippen LogP contribution in [0.4, 0.5) is 0 Å². The summed E-state index contributed by atoms with van der Waals surface area (Å²) < 4.78 is 23.7. The summed E-state index contributed by atoms with van der Waals surface area (Å²) in [6.45, 7) is 0.493. The van der Waals surface area contributed by atoms with Crippen LogP contribution >= 0.6 is 0 Å². The van der Waals surface area contributed by atoms with Gasteiger partial charge in [0.25, 0.3) is 0 Å². The average molecular weight is 247 g/mol. The molecule has 1 amide bonds. The molecule has 16 heavy (non-hydrogen) atoms. The molecule has 92 valence electrons. The largest absolute Gasteiger partial charge is 0.354 e. The van der Waals surface area contributed by atoms with Crippen LogP contribution in [0, 0.1) is 12.3 Å². The van der Waals surface area contributed by atoms with Gasteiger partial charge >= 0.3 is 0 Å². The molecule has 0 bridgehead atoms. The smallest absolute Gasteiger partial charge is 0.234 e. The highest BCUT2D eigenvalue weighted by molar-refractivity contribution is 7.89. The number of carbonyl (C=O) groups excluding carboxylic acids is 1. The minimum Gasteiger partial charge on any atom is -0.354 e. The molecule has 0 saturated heterocycles. The number of amides is 1. The molecule has 0 aliphatic carbocycles. The molecule has 0 rings (SSSR count). The zero-order chi connectivity index (χ0) is 12.6. The molecule has 0 unspecified atom stereocenters. The summed E-state index contributed by atoms with van der Waals surface area (Å²) in [7, 11) is -0.353. The second kappa shape index (κ2) is 7.22. The predicted octanol–water partition coefficient (Wildman–Crippen LogP) is -1.78. The van der Waals surface area contributed by atoms with Gasteiger partial charge in [-0.1, -0.05) is 5.92 Å². The summed E-state index contributed by atoms with van der Waals surface area (Å²) >= 11 is 0. The summed E-state index contributed by atoms with van der Waals surface area (Å²) in [5.74, 6) is 1.94. The Morgan fingerprint density at radius 1 is 1.44 bits per heavy atom.